The summed E-state index contributed by atoms with van der Waals surface area (Å²) in [4.78, 5) is 31.2. The van der Waals surface area contributed by atoms with E-state index < -0.39 is 23.1 Å². The minimum Gasteiger partial charge on any atom is -0.383 e. The Balaban J connectivity index is 1.46. The van der Waals surface area contributed by atoms with Crippen molar-refractivity contribution in [1.82, 2.24) is 14.9 Å². The maximum absolute atomic E-state index is 13.4. The van der Waals surface area contributed by atoms with E-state index in [1.165, 1.54) is 34.2 Å². The molecular weight excluding hydrogens is 434 g/mol. The zero-order chi connectivity index (χ0) is 22.7. The Morgan fingerprint density at radius 2 is 1.94 bits per heavy atom. The molecule has 1 aromatic carbocycles. The fourth-order valence-electron chi connectivity index (χ4n) is 3.18. The number of halogens is 2. The summed E-state index contributed by atoms with van der Waals surface area (Å²) in [7, 11) is 0. The monoisotopic (exact) mass is 452 g/mol. The SMILES string of the molecule is Nc1ncccc1-c1ccc(CNC(=O)c2cccn(Cc3ccc(F)c(F)c3)c2=O)s1. The summed E-state index contributed by atoms with van der Waals surface area (Å²) in [5.74, 6) is -2.05. The van der Waals surface area contributed by atoms with E-state index in [4.69, 9.17) is 5.73 Å². The van der Waals surface area contributed by atoms with Crippen molar-refractivity contribution in [3.05, 3.63) is 105 Å². The summed E-state index contributed by atoms with van der Waals surface area (Å²) in [6, 6.07) is 13.8. The van der Waals surface area contributed by atoms with Crippen LogP contribution in [0.2, 0.25) is 0 Å². The first-order chi connectivity index (χ1) is 15.4. The second kappa shape index (κ2) is 9.11. The number of anilines is 1. The van der Waals surface area contributed by atoms with Crippen LogP contribution in [0.5, 0.6) is 0 Å². The Hall–Kier alpha value is -3.85. The van der Waals surface area contributed by atoms with Gasteiger partial charge in [0.1, 0.15) is 11.4 Å². The summed E-state index contributed by atoms with van der Waals surface area (Å²) in [5, 5.41) is 2.74. The summed E-state index contributed by atoms with van der Waals surface area (Å²) in [6.45, 7) is 0.249. The normalized spacial score (nSPS) is 10.8. The lowest BCUT2D eigenvalue weighted by atomic mass is 10.2. The van der Waals surface area contributed by atoms with E-state index in [-0.39, 0.29) is 18.7 Å². The Labute approximate surface area is 186 Å². The lowest BCUT2D eigenvalue weighted by molar-refractivity contribution is 0.0949. The smallest absolute Gasteiger partial charge is 0.263 e. The van der Waals surface area contributed by atoms with Crippen molar-refractivity contribution in [2.24, 2.45) is 0 Å². The molecule has 3 N–H and O–H groups in total. The molecule has 3 aromatic heterocycles. The standard InChI is InChI=1S/C23H18F2N4O2S/c24-18-7-5-14(11-19(18)25)13-29-10-2-4-17(23(29)31)22(30)28-12-15-6-8-20(32-15)16-3-1-9-27-21(16)26/h1-11H,12-13H2,(H2,26,27)(H,28,30). The minimum absolute atomic E-state index is 0.0119. The fourth-order valence-corrected chi connectivity index (χ4v) is 4.16. The number of thiophene rings is 1. The molecule has 0 fully saturated rings. The second-order valence-electron chi connectivity index (χ2n) is 6.99. The van der Waals surface area contributed by atoms with E-state index in [1.54, 1.807) is 18.3 Å². The summed E-state index contributed by atoms with van der Waals surface area (Å²) >= 11 is 1.46. The Morgan fingerprint density at radius 1 is 1.09 bits per heavy atom. The zero-order valence-electron chi connectivity index (χ0n) is 16.7. The first kappa shape index (κ1) is 21.4. The third-order valence-electron chi connectivity index (χ3n) is 4.79. The molecule has 32 heavy (non-hydrogen) atoms. The van der Waals surface area contributed by atoms with Crippen molar-refractivity contribution in [1.29, 1.82) is 0 Å². The molecule has 162 valence electrons. The average molecular weight is 452 g/mol. The molecule has 0 saturated heterocycles. The van der Waals surface area contributed by atoms with Gasteiger partial charge in [-0.3, -0.25) is 9.59 Å². The number of amides is 1. The number of hydrogen-bond donors (Lipinski definition) is 2. The Bertz CT molecular complexity index is 1350. The van der Waals surface area contributed by atoms with E-state index in [9.17, 15) is 18.4 Å². The molecule has 3 heterocycles. The molecule has 0 aliphatic rings. The molecule has 1 amide bonds. The van der Waals surface area contributed by atoms with Gasteiger partial charge in [0.15, 0.2) is 11.6 Å². The van der Waals surface area contributed by atoms with Crippen LogP contribution < -0.4 is 16.6 Å². The van der Waals surface area contributed by atoms with Crippen LogP contribution in [0, 0.1) is 11.6 Å². The van der Waals surface area contributed by atoms with E-state index in [1.807, 2.05) is 18.2 Å². The van der Waals surface area contributed by atoms with Crippen LogP contribution in [-0.2, 0) is 13.1 Å². The van der Waals surface area contributed by atoms with Gasteiger partial charge in [-0.25, -0.2) is 13.8 Å². The van der Waals surface area contributed by atoms with Gasteiger partial charge in [0.05, 0.1) is 13.1 Å². The molecular formula is C23H18F2N4O2S. The van der Waals surface area contributed by atoms with Gasteiger partial charge in [-0.1, -0.05) is 6.07 Å². The highest BCUT2D eigenvalue weighted by molar-refractivity contribution is 7.15. The number of aromatic nitrogens is 2. The molecule has 9 heteroatoms. The van der Waals surface area contributed by atoms with Crippen LogP contribution in [-0.4, -0.2) is 15.5 Å². The van der Waals surface area contributed by atoms with Crippen LogP contribution in [0.25, 0.3) is 10.4 Å². The van der Waals surface area contributed by atoms with Crippen molar-refractivity contribution in [3.63, 3.8) is 0 Å². The van der Waals surface area contributed by atoms with E-state index in [0.717, 1.165) is 27.5 Å². The minimum atomic E-state index is -0.993. The predicted octanol–water partition coefficient (Wildman–Crippen LogP) is 3.81. The maximum Gasteiger partial charge on any atom is 0.263 e. The average Bonchev–Trinajstić information content (AvgIpc) is 3.25. The number of nitrogens with two attached hydrogens (primary N) is 1. The highest BCUT2D eigenvalue weighted by atomic mass is 32.1. The van der Waals surface area contributed by atoms with Crippen LogP contribution in [0.1, 0.15) is 20.8 Å². The molecule has 0 atom stereocenters. The van der Waals surface area contributed by atoms with Crippen molar-refractivity contribution in [2.75, 3.05) is 5.73 Å². The third-order valence-corrected chi connectivity index (χ3v) is 5.91. The van der Waals surface area contributed by atoms with Gasteiger partial charge in [0.2, 0.25) is 0 Å². The number of benzene rings is 1. The topological polar surface area (TPSA) is 90.0 Å². The van der Waals surface area contributed by atoms with Crippen molar-refractivity contribution < 1.29 is 13.6 Å². The third kappa shape index (κ3) is 4.57. The number of hydrogen-bond acceptors (Lipinski definition) is 5. The molecule has 4 aromatic rings. The van der Waals surface area contributed by atoms with Gasteiger partial charge in [-0.2, -0.15) is 0 Å². The summed E-state index contributed by atoms with van der Waals surface area (Å²) in [6.07, 6.45) is 3.11. The van der Waals surface area contributed by atoms with E-state index >= 15 is 0 Å². The van der Waals surface area contributed by atoms with Crippen molar-refractivity contribution in [3.8, 4) is 10.4 Å². The highest BCUT2D eigenvalue weighted by Gasteiger charge is 2.14. The molecule has 0 unspecified atom stereocenters. The Kier molecular flexibility index (Phi) is 6.09. The molecule has 0 aliphatic heterocycles. The van der Waals surface area contributed by atoms with Crippen LogP contribution in [0.3, 0.4) is 0 Å². The van der Waals surface area contributed by atoms with Gasteiger partial charge >= 0.3 is 0 Å². The number of nitrogen functional groups attached to an aromatic ring is 1. The van der Waals surface area contributed by atoms with Crippen molar-refractivity contribution in [2.45, 2.75) is 13.1 Å². The molecule has 0 saturated carbocycles. The van der Waals surface area contributed by atoms with Gasteiger partial charge in [0.25, 0.3) is 11.5 Å². The fraction of sp³-hybridized carbons (Fsp3) is 0.0870. The largest absolute Gasteiger partial charge is 0.383 e. The molecule has 6 nitrogen and oxygen atoms in total. The lowest BCUT2D eigenvalue weighted by Crippen LogP contribution is -2.32. The number of carbonyl (C=O) groups is 1. The second-order valence-corrected chi connectivity index (χ2v) is 8.16. The van der Waals surface area contributed by atoms with Gasteiger partial charge in [-0.05, 0) is 54.1 Å². The number of pyridine rings is 2. The van der Waals surface area contributed by atoms with Crippen LogP contribution in [0.15, 0.2) is 71.8 Å². The summed E-state index contributed by atoms with van der Waals surface area (Å²) < 4.78 is 27.8. The molecule has 0 aliphatic carbocycles. The molecule has 4 rings (SSSR count). The van der Waals surface area contributed by atoms with Crippen LogP contribution in [0.4, 0.5) is 14.6 Å². The molecule has 0 bridgehead atoms. The van der Waals surface area contributed by atoms with Gasteiger partial charge in [0, 0.05) is 27.7 Å². The summed E-state index contributed by atoms with van der Waals surface area (Å²) in [5.41, 5.74) is 6.57. The maximum atomic E-state index is 13.4. The zero-order valence-corrected chi connectivity index (χ0v) is 17.5. The van der Waals surface area contributed by atoms with E-state index in [2.05, 4.69) is 10.3 Å². The van der Waals surface area contributed by atoms with Gasteiger partial charge < -0.3 is 15.6 Å². The molecule has 0 spiro atoms. The Morgan fingerprint density at radius 3 is 2.72 bits per heavy atom. The number of nitrogens with zero attached hydrogens (tertiary/aromatic N) is 2. The van der Waals surface area contributed by atoms with E-state index in [0.29, 0.717) is 11.4 Å². The molecule has 0 radical (unpaired) electrons. The van der Waals surface area contributed by atoms with Crippen molar-refractivity contribution >= 4 is 23.1 Å². The first-order valence-corrected chi connectivity index (χ1v) is 10.4. The predicted molar refractivity (Wildman–Crippen MR) is 119 cm³/mol. The highest BCUT2D eigenvalue weighted by Crippen LogP contribution is 2.30. The number of carbonyl (C=O) groups excluding carboxylic acids is 1. The van der Waals surface area contributed by atoms with Gasteiger partial charge in [-0.15, -0.1) is 11.3 Å². The van der Waals surface area contributed by atoms with Crippen LogP contribution >= 0.6 is 11.3 Å². The quantitative estimate of drug-likeness (QED) is 0.466. The first-order valence-electron chi connectivity index (χ1n) is 9.63. The number of nitrogens with one attached hydrogen (secondary N) is 1. The lowest BCUT2D eigenvalue weighted by Gasteiger charge is -2.09. The number of rotatable bonds is 6.